The summed E-state index contributed by atoms with van der Waals surface area (Å²) in [6, 6.07) is 5.59. The van der Waals surface area contributed by atoms with Gasteiger partial charge in [-0.25, -0.2) is 0 Å². The summed E-state index contributed by atoms with van der Waals surface area (Å²) in [7, 11) is 1.64. The van der Waals surface area contributed by atoms with Crippen LogP contribution >= 0.6 is 11.6 Å². The van der Waals surface area contributed by atoms with E-state index in [0.29, 0.717) is 24.7 Å². The minimum absolute atomic E-state index is 0.123. The van der Waals surface area contributed by atoms with Crippen LogP contribution in [0, 0.1) is 0 Å². The van der Waals surface area contributed by atoms with E-state index in [9.17, 15) is 4.79 Å². The van der Waals surface area contributed by atoms with Gasteiger partial charge in [0.1, 0.15) is 11.5 Å². The Morgan fingerprint density at radius 3 is 2.72 bits per heavy atom. The summed E-state index contributed by atoms with van der Waals surface area (Å²) in [5, 5.41) is 0.680. The lowest BCUT2D eigenvalue weighted by Gasteiger charge is -2.42. The second-order valence-electron chi connectivity index (χ2n) is 4.82. The van der Waals surface area contributed by atoms with Crippen LogP contribution < -0.4 is 4.74 Å². The van der Waals surface area contributed by atoms with Crippen molar-refractivity contribution in [2.45, 2.75) is 25.2 Å². The number of ether oxygens (including phenoxy) is 2. The van der Waals surface area contributed by atoms with E-state index in [1.165, 1.54) is 0 Å². The highest BCUT2D eigenvalue weighted by molar-refractivity contribution is 6.30. The molecule has 0 aliphatic carbocycles. The lowest BCUT2D eigenvalue weighted by atomic mass is 9.74. The predicted molar refractivity (Wildman–Crippen MR) is 70.4 cm³/mol. The Balaban J connectivity index is 2.31. The van der Waals surface area contributed by atoms with Crippen LogP contribution in [0.5, 0.6) is 5.75 Å². The van der Waals surface area contributed by atoms with Crippen molar-refractivity contribution in [3.63, 3.8) is 0 Å². The van der Waals surface area contributed by atoms with Crippen molar-refractivity contribution in [3.8, 4) is 5.75 Å². The number of rotatable bonds is 5. The Bertz CT molecular complexity index is 452. The van der Waals surface area contributed by atoms with E-state index in [4.69, 9.17) is 21.1 Å². The van der Waals surface area contributed by atoms with Gasteiger partial charge in [-0.3, -0.25) is 0 Å². The van der Waals surface area contributed by atoms with E-state index in [2.05, 4.69) is 0 Å². The molecule has 2 rings (SSSR count). The number of hydrogen-bond acceptors (Lipinski definition) is 3. The van der Waals surface area contributed by atoms with Crippen LogP contribution in [-0.4, -0.2) is 26.1 Å². The fraction of sp³-hybridized carbons (Fsp3) is 0.500. The van der Waals surface area contributed by atoms with Crippen molar-refractivity contribution >= 4 is 17.4 Å². The second-order valence-corrected chi connectivity index (χ2v) is 5.26. The van der Waals surface area contributed by atoms with Gasteiger partial charge < -0.3 is 14.3 Å². The molecule has 0 N–H and O–H groups in total. The number of benzene rings is 1. The van der Waals surface area contributed by atoms with Gasteiger partial charge >= 0.3 is 0 Å². The van der Waals surface area contributed by atoms with Gasteiger partial charge in [0.05, 0.1) is 20.3 Å². The molecule has 0 aromatic heterocycles. The van der Waals surface area contributed by atoms with Crippen LogP contribution in [0.1, 0.15) is 25.3 Å². The normalized spacial score (nSPS) is 17.1. The number of Topliss-reactive ketones (excluding diaryl/α,β-unsaturated/α-hetero) is 1. The van der Waals surface area contributed by atoms with Gasteiger partial charge in [-0.2, -0.15) is 0 Å². The summed E-state index contributed by atoms with van der Waals surface area (Å²) in [6.45, 7) is 2.86. The molecule has 3 nitrogen and oxygen atoms in total. The number of carbonyl (C=O) groups excluding carboxylic acids is 1. The van der Waals surface area contributed by atoms with Crippen LogP contribution in [-0.2, 0) is 14.9 Å². The van der Waals surface area contributed by atoms with E-state index in [1.54, 1.807) is 14.0 Å². The lowest BCUT2D eigenvalue weighted by molar-refractivity contribution is -0.119. The van der Waals surface area contributed by atoms with Crippen molar-refractivity contribution in [1.82, 2.24) is 0 Å². The summed E-state index contributed by atoms with van der Waals surface area (Å²) < 4.78 is 10.7. The summed E-state index contributed by atoms with van der Waals surface area (Å²) in [6.07, 6.45) is 1.33. The first-order chi connectivity index (χ1) is 8.57. The predicted octanol–water partition coefficient (Wildman–Crippen LogP) is 2.99. The Kier molecular flexibility index (Phi) is 3.93. The van der Waals surface area contributed by atoms with Crippen LogP contribution in [0.25, 0.3) is 0 Å². The average molecular weight is 269 g/mol. The summed E-state index contributed by atoms with van der Waals surface area (Å²) in [5.41, 5.74) is 0.923. The first-order valence-corrected chi connectivity index (χ1v) is 6.36. The smallest absolute Gasteiger partial charge is 0.129 e. The summed E-state index contributed by atoms with van der Waals surface area (Å²) in [4.78, 5) is 11.2. The van der Waals surface area contributed by atoms with Gasteiger partial charge in [0, 0.05) is 22.4 Å². The molecule has 0 unspecified atom stereocenters. The van der Waals surface area contributed by atoms with Crippen LogP contribution in [0.15, 0.2) is 18.2 Å². The maximum Gasteiger partial charge on any atom is 0.129 e. The van der Waals surface area contributed by atoms with Crippen molar-refractivity contribution in [2.24, 2.45) is 0 Å². The molecule has 0 atom stereocenters. The molecule has 1 fully saturated rings. The van der Waals surface area contributed by atoms with Gasteiger partial charge in [-0.1, -0.05) is 11.6 Å². The zero-order chi connectivity index (χ0) is 13.2. The third kappa shape index (κ3) is 2.52. The first-order valence-electron chi connectivity index (χ1n) is 5.99. The molecule has 0 amide bonds. The van der Waals surface area contributed by atoms with Gasteiger partial charge in [0.15, 0.2) is 0 Å². The minimum Gasteiger partial charge on any atom is -0.496 e. The van der Waals surface area contributed by atoms with Crippen LogP contribution in [0.4, 0.5) is 0 Å². The molecule has 1 aromatic carbocycles. The second kappa shape index (κ2) is 5.29. The van der Waals surface area contributed by atoms with Gasteiger partial charge in [0.2, 0.25) is 0 Å². The Morgan fingerprint density at radius 1 is 1.50 bits per heavy atom. The number of halogens is 1. The Hall–Kier alpha value is -1.06. The third-order valence-corrected chi connectivity index (χ3v) is 3.68. The van der Waals surface area contributed by atoms with E-state index < -0.39 is 0 Å². The first kappa shape index (κ1) is 13.4. The maximum absolute atomic E-state index is 11.2. The van der Waals surface area contributed by atoms with Crippen molar-refractivity contribution in [3.05, 3.63) is 28.8 Å². The molecule has 1 aliphatic heterocycles. The number of ketones is 1. The number of hydrogen-bond donors (Lipinski definition) is 0. The van der Waals surface area contributed by atoms with E-state index in [0.717, 1.165) is 17.7 Å². The molecular weight excluding hydrogens is 252 g/mol. The molecule has 0 saturated carbocycles. The monoisotopic (exact) mass is 268 g/mol. The largest absolute Gasteiger partial charge is 0.496 e. The fourth-order valence-electron chi connectivity index (χ4n) is 2.29. The van der Waals surface area contributed by atoms with Crippen LogP contribution in [0.3, 0.4) is 0 Å². The highest BCUT2D eigenvalue weighted by Gasteiger charge is 2.42. The Morgan fingerprint density at radius 2 is 2.22 bits per heavy atom. The standard InChI is InChI=1S/C14H17ClO3/c1-10(16)5-6-14(8-18-9-14)12-7-11(15)3-4-13(12)17-2/h3-4,7H,5-6,8-9H2,1-2H3. The molecule has 98 valence electrons. The van der Waals surface area contributed by atoms with Crippen molar-refractivity contribution in [2.75, 3.05) is 20.3 Å². The Labute approximate surface area is 112 Å². The topological polar surface area (TPSA) is 35.5 Å². The van der Waals surface area contributed by atoms with Gasteiger partial charge in [-0.15, -0.1) is 0 Å². The SMILES string of the molecule is COc1ccc(Cl)cc1C1(CCC(C)=O)COC1. The van der Waals surface area contributed by atoms with E-state index in [1.807, 2.05) is 18.2 Å². The molecule has 18 heavy (non-hydrogen) atoms. The molecule has 4 heteroatoms. The van der Waals surface area contributed by atoms with Crippen LogP contribution in [0.2, 0.25) is 5.02 Å². The van der Waals surface area contributed by atoms with E-state index >= 15 is 0 Å². The lowest BCUT2D eigenvalue weighted by Crippen LogP contribution is -2.47. The number of carbonyl (C=O) groups is 1. The van der Waals surface area contributed by atoms with Crippen molar-refractivity contribution in [1.29, 1.82) is 0 Å². The number of methoxy groups -OCH3 is 1. The highest BCUT2D eigenvalue weighted by atomic mass is 35.5. The zero-order valence-corrected chi connectivity index (χ0v) is 11.4. The maximum atomic E-state index is 11.2. The summed E-state index contributed by atoms with van der Waals surface area (Å²) in [5.74, 6) is 1.01. The van der Waals surface area contributed by atoms with E-state index in [-0.39, 0.29) is 11.2 Å². The quantitative estimate of drug-likeness (QED) is 0.824. The molecular formula is C14H17ClO3. The molecule has 1 saturated heterocycles. The molecule has 0 bridgehead atoms. The average Bonchev–Trinajstić information content (AvgIpc) is 2.27. The van der Waals surface area contributed by atoms with Gasteiger partial charge in [-0.05, 0) is 31.5 Å². The van der Waals surface area contributed by atoms with Crippen molar-refractivity contribution < 1.29 is 14.3 Å². The highest BCUT2D eigenvalue weighted by Crippen LogP contribution is 2.42. The minimum atomic E-state index is -0.123. The summed E-state index contributed by atoms with van der Waals surface area (Å²) >= 11 is 6.06. The molecule has 1 aliphatic rings. The molecule has 1 heterocycles. The zero-order valence-electron chi connectivity index (χ0n) is 10.7. The molecule has 0 spiro atoms. The van der Waals surface area contributed by atoms with Gasteiger partial charge in [0.25, 0.3) is 0 Å². The third-order valence-electron chi connectivity index (χ3n) is 3.45. The fourth-order valence-corrected chi connectivity index (χ4v) is 2.47. The molecule has 1 aromatic rings. The molecule has 0 radical (unpaired) electrons.